The van der Waals surface area contributed by atoms with Gasteiger partial charge in [0.25, 0.3) is 0 Å². The monoisotopic (exact) mass is 766 g/mol. The maximum atomic E-state index is 2.47. The fourth-order valence-electron chi connectivity index (χ4n) is 8.04. The van der Waals surface area contributed by atoms with Gasteiger partial charge in [-0.2, -0.15) is 10.4 Å². The average Bonchev–Trinajstić information content (AvgIpc) is 3.54. The molecule has 0 aliphatic carbocycles. The summed E-state index contributed by atoms with van der Waals surface area (Å²) in [7, 11) is -2.22. The third kappa shape index (κ3) is 6.90. The summed E-state index contributed by atoms with van der Waals surface area (Å²) in [5.74, 6) is 0. The Morgan fingerprint density at radius 2 is 0.854 bits per heavy atom. The van der Waals surface area contributed by atoms with Crippen molar-refractivity contribution in [3.63, 3.8) is 0 Å². The van der Waals surface area contributed by atoms with E-state index in [-0.39, 0.29) is 61.8 Å². The molecule has 0 aliphatic rings. The van der Waals surface area contributed by atoms with Crippen LogP contribution < -0.4 is 35.2 Å². The fraction of sp³-hybridized carbons (Fsp3) is 0.318. The Bertz CT molecular complexity index is 1850. The number of hydrogen-bond donors (Lipinski definition) is 0. The second-order valence-corrected chi connectivity index (χ2v) is 20.0. The molecule has 0 atom stereocenters. The zero-order valence-corrected chi connectivity index (χ0v) is 35.4. The molecule has 6 rings (SSSR count). The molecule has 0 aliphatic heterocycles. The van der Waals surface area contributed by atoms with Crippen molar-refractivity contribution in [1.82, 2.24) is 0 Å². The van der Waals surface area contributed by atoms with Crippen LogP contribution in [0, 0.1) is 13.8 Å². The van der Waals surface area contributed by atoms with Gasteiger partial charge in [-0.25, -0.2) is 0 Å². The van der Waals surface area contributed by atoms with E-state index in [0.717, 1.165) is 0 Å². The van der Waals surface area contributed by atoms with Crippen molar-refractivity contribution in [1.29, 1.82) is 0 Å². The van der Waals surface area contributed by atoms with Gasteiger partial charge in [0.05, 0.1) is 0 Å². The number of hydrogen-bond acceptors (Lipinski definition) is 0. The topological polar surface area (TPSA) is 0 Å². The molecular weight excluding hydrogens is 719 g/mol. The zero-order valence-electron chi connectivity index (χ0n) is 30.4. The normalized spacial score (nSPS) is 12.0. The number of aryl methyl sites for hydroxylation is 2. The SMILES string of the molecule is CC[Si](CC)(c1c(C)[cH-]c2cccc(-c3ccc(C(C)(C)C)cc3)c12)c1c(C)[cH-]c2cccc(-c3ccc(C(C)(C)C)cc3)c12.[Cl-].[Cl-].[Zr+4]. The van der Waals surface area contributed by atoms with Gasteiger partial charge >= 0.3 is 26.2 Å². The molecule has 0 heterocycles. The minimum Gasteiger partial charge on any atom is -1.00 e. The van der Waals surface area contributed by atoms with Crippen molar-refractivity contribution in [3.8, 4) is 22.3 Å². The van der Waals surface area contributed by atoms with E-state index < -0.39 is 8.07 Å². The summed E-state index contributed by atoms with van der Waals surface area (Å²) in [5, 5.41) is 9.01. The fourth-order valence-corrected chi connectivity index (χ4v) is 13.4. The standard InChI is InChI=1S/C44H50Si.2ClH.Zr/c1-11-45(12-2,41-29(3)27-33-15-13-17-37(39(33)41)31-19-23-35(24-20-31)43(5,6)7)42-30(4)28-34-16-14-18-38(40(34)42)32-21-25-36(26-22-32)44(8,9)10;;;/h13-28H,11-12H2,1-10H3;2*1H;/q-2;;;+4/p-2. The molecule has 4 heteroatoms. The first-order valence-electron chi connectivity index (χ1n) is 16.9. The van der Waals surface area contributed by atoms with Crippen LogP contribution in [0.5, 0.6) is 0 Å². The Balaban J connectivity index is 0.00000208. The molecule has 0 bridgehead atoms. The average molecular weight is 769 g/mol. The first kappa shape index (κ1) is 40.2. The van der Waals surface area contributed by atoms with E-state index in [1.54, 1.807) is 10.4 Å². The van der Waals surface area contributed by atoms with Crippen molar-refractivity contribution in [2.24, 2.45) is 0 Å². The molecule has 0 fully saturated rings. The molecule has 248 valence electrons. The van der Waals surface area contributed by atoms with Crippen LogP contribution in [0.3, 0.4) is 0 Å². The van der Waals surface area contributed by atoms with E-state index in [0.29, 0.717) is 0 Å². The van der Waals surface area contributed by atoms with Crippen LogP contribution in [0.15, 0.2) is 97.1 Å². The molecule has 0 N–H and O–H groups in total. The van der Waals surface area contributed by atoms with E-state index in [1.807, 2.05) is 0 Å². The molecule has 0 aromatic heterocycles. The van der Waals surface area contributed by atoms with Gasteiger partial charge < -0.3 is 24.8 Å². The maximum absolute atomic E-state index is 2.47. The molecule has 6 aromatic carbocycles. The van der Waals surface area contributed by atoms with Crippen LogP contribution in [0.25, 0.3) is 43.8 Å². The minimum atomic E-state index is -2.22. The molecule has 6 aromatic rings. The smallest absolute Gasteiger partial charge is 1.00 e. The Morgan fingerprint density at radius 3 is 1.15 bits per heavy atom. The first-order valence-corrected chi connectivity index (χ1v) is 19.3. The molecule has 0 nitrogen and oxygen atoms in total. The molecule has 0 saturated carbocycles. The Morgan fingerprint density at radius 1 is 0.521 bits per heavy atom. The van der Waals surface area contributed by atoms with Crippen molar-refractivity contribution >= 4 is 40.0 Å². The van der Waals surface area contributed by atoms with Gasteiger partial charge in [0.15, 0.2) is 0 Å². The van der Waals surface area contributed by atoms with Crippen LogP contribution in [0.4, 0.5) is 0 Å². The van der Waals surface area contributed by atoms with E-state index in [9.17, 15) is 0 Å². The first-order chi connectivity index (χ1) is 21.3. The molecule has 0 saturated heterocycles. The summed E-state index contributed by atoms with van der Waals surface area (Å²) in [6.07, 6.45) is 0. The largest absolute Gasteiger partial charge is 4.00 e. The van der Waals surface area contributed by atoms with Gasteiger partial charge in [-0.15, -0.1) is 69.1 Å². The molecular formula is C44H50Cl2SiZr. The number of fused-ring (bicyclic) bond motifs is 2. The van der Waals surface area contributed by atoms with Crippen molar-refractivity contribution in [3.05, 3.63) is 119 Å². The van der Waals surface area contributed by atoms with Crippen LogP contribution in [0.2, 0.25) is 12.1 Å². The van der Waals surface area contributed by atoms with Crippen molar-refractivity contribution < 1.29 is 51.0 Å². The third-order valence-corrected chi connectivity index (χ3v) is 16.1. The summed E-state index contributed by atoms with van der Waals surface area (Å²) in [6.45, 7) is 23.5. The summed E-state index contributed by atoms with van der Waals surface area (Å²) in [5.41, 5.74) is 11.3. The predicted octanol–water partition coefficient (Wildman–Crippen LogP) is 5.58. The maximum Gasteiger partial charge on any atom is 4.00 e. The van der Waals surface area contributed by atoms with Gasteiger partial charge in [0, 0.05) is 8.07 Å². The Labute approximate surface area is 322 Å². The predicted molar refractivity (Wildman–Crippen MR) is 203 cm³/mol. The quantitative estimate of drug-likeness (QED) is 0.153. The van der Waals surface area contributed by atoms with Crippen LogP contribution in [0.1, 0.15) is 77.6 Å². The molecule has 48 heavy (non-hydrogen) atoms. The Kier molecular flexibility index (Phi) is 12.5. The van der Waals surface area contributed by atoms with Gasteiger partial charge in [-0.1, -0.05) is 153 Å². The van der Waals surface area contributed by atoms with E-state index >= 15 is 0 Å². The summed E-state index contributed by atoms with van der Waals surface area (Å²) < 4.78 is 0. The van der Waals surface area contributed by atoms with Crippen molar-refractivity contribution in [2.45, 2.75) is 92.2 Å². The minimum absolute atomic E-state index is 0. The van der Waals surface area contributed by atoms with E-state index in [2.05, 4.69) is 166 Å². The van der Waals surface area contributed by atoms with Gasteiger partial charge in [-0.3, -0.25) is 0 Å². The van der Waals surface area contributed by atoms with Gasteiger partial charge in [-0.05, 0) is 33.1 Å². The third-order valence-electron chi connectivity index (χ3n) is 10.5. The molecule has 0 unspecified atom stereocenters. The summed E-state index contributed by atoms with van der Waals surface area (Å²) >= 11 is 0. The van der Waals surface area contributed by atoms with Crippen LogP contribution >= 0.6 is 0 Å². The van der Waals surface area contributed by atoms with Gasteiger partial charge in [0.1, 0.15) is 0 Å². The molecule has 0 radical (unpaired) electrons. The molecule has 0 spiro atoms. The van der Waals surface area contributed by atoms with Crippen LogP contribution in [-0.2, 0) is 37.0 Å². The number of benzene rings is 4. The summed E-state index contributed by atoms with van der Waals surface area (Å²) in [6, 6.07) is 39.9. The molecule has 0 amide bonds. The summed E-state index contributed by atoms with van der Waals surface area (Å²) in [4.78, 5) is 0. The van der Waals surface area contributed by atoms with Crippen molar-refractivity contribution in [2.75, 3.05) is 0 Å². The van der Waals surface area contributed by atoms with E-state index in [4.69, 9.17) is 0 Å². The van der Waals surface area contributed by atoms with Gasteiger partial charge in [0.2, 0.25) is 0 Å². The second kappa shape index (κ2) is 14.9. The number of halogens is 2. The Hall–Kier alpha value is -2.22. The van der Waals surface area contributed by atoms with E-state index in [1.165, 1.54) is 78.1 Å². The zero-order chi connectivity index (χ0) is 32.3. The van der Waals surface area contributed by atoms with Crippen LogP contribution in [-0.4, -0.2) is 8.07 Å². The second-order valence-electron chi connectivity index (χ2n) is 15.4. The number of rotatable bonds is 6.